The molecule has 2 aromatic carbocycles. The molecule has 0 aromatic heterocycles. The molecule has 1 aliphatic rings. The predicted molar refractivity (Wildman–Crippen MR) is 91.2 cm³/mol. The minimum Gasteiger partial charge on any atom is -0.402 e. The number of hydrogen-bond acceptors (Lipinski definition) is 3. The topological polar surface area (TPSA) is 38.7 Å². The number of carbonyl (C=O) groups is 1. The van der Waals surface area contributed by atoms with Crippen LogP contribution in [0.15, 0.2) is 57.6 Å². The van der Waals surface area contributed by atoms with Crippen molar-refractivity contribution in [1.82, 2.24) is 0 Å². The van der Waals surface area contributed by atoms with E-state index in [0.717, 1.165) is 4.47 Å². The van der Waals surface area contributed by atoms with Gasteiger partial charge in [-0.2, -0.15) is 0 Å². The van der Waals surface area contributed by atoms with Crippen LogP contribution in [0, 0.1) is 0 Å². The van der Waals surface area contributed by atoms with E-state index in [-0.39, 0.29) is 11.6 Å². The van der Waals surface area contributed by atoms with Crippen LogP contribution in [0.3, 0.4) is 0 Å². The zero-order valence-corrected chi connectivity index (χ0v) is 14.1. The van der Waals surface area contributed by atoms with Gasteiger partial charge in [0.2, 0.25) is 5.90 Å². The average molecular weight is 397 g/mol. The van der Waals surface area contributed by atoms with Gasteiger partial charge in [-0.15, -0.1) is 0 Å². The van der Waals surface area contributed by atoms with Gasteiger partial charge in [-0.1, -0.05) is 51.3 Å². The summed E-state index contributed by atoms with van der Waals surface area (Å²) in [7, 11) is 0. The lowest BCUT2D eigenvalue weighted by atomic mass is 10.2. The number of aliphatic imine (C=N–C) groups is 1. The van der Waals surface area contributed by atoms with Crippen LogP contribution in [-0.4, -0.2) is 11.9 Å². The van der Waals surface area contributed by atoms with E-state index in [4.69, 9.17) is 27.9 Å². The van der Waals surface area contributed by atoms with E-state index in [0.29, 0.717) is 21.2 Å². The summed E-state index contributed by atoms with van der Waals surface area (Å²) >= 11 is 15.3. The Hall–Kier alpha value is -1.62. The molecule has 0 amide bonds. The Balaban J connectivity index is 1.97. The van der Waals surface area contributed by atoms with Gasteiger partial charge in [0.05, 0.1) is 0 Å². The minimum atomic E-state index is -0.513. The molecule has 0 N–H and O–H groups in total. The molecule has 6 heteroatoms. The third kappa shape index (κ3) is 3.24. The van der Waals surface area contributed by atoms with E-state index in [9.17, 15) is 4.79 Å². The molecule has 3 nitrogen and oxygen atoms in total. The molecular formula is C16H8BrCl2NO2. The molecule has 1 heterocycles. The highest BCUT2D eigenvalue weighted by Gasteiger charge is 2.24. The fourth-order valence-corrected chi connectivity index (χ4v) is 2.78. The fourth-order valence-electron chi connectivity index (χ4n) is 1.92. The monoisotopic (exact) mass is 395 g/mol. The summed E-state index contributed by atoms with van der Waals surface area (Å²) < 4.78 is 6.08. The van der Waals surface area contributed by atoms with Crippen molar-refractivity contribution in [2.75, 3.05) is 0 Å². The first kappa shape index (κ1) is 15.3. The Kier molecular flexibility index (Phi) is 4.34. The Morgan fingerprint density at radius 2 is 1.95 bits per heavy atom. The lowest BCUT2D eigenvalue weighted by Gasteiger charge is -1.99. The van der Waals surface area contributed by atoms with Crippen LogP contribution in [0.1, 0.15) is 11.1 Å². The molecule has 0 saturated carbocycles. The van der Waals surface area contributed by atoms with Gasteiger partial charge in [-0.25, -0.2) is 9.79 Å². The van der Waals surface area contributed by atoms with Crippen LogP contribution in [0.5, 0.6) is 0 Å². The predicted octanol–water partition coefficient (Wildman–Crippen LogP) is 5.10. The number of esters is 1. The van der Waals surface area contributed by atoms with Gasteiger partial charge in [0.1, 0.15) is 0 Å². The highest BCUT2D eigenvalue weighted by atomic mass is 79.9. The van der Waals surface area contributed by atoms with Gasteiger partial charge >= 0.3 is 5.97 Å². The molecule has 0 unspecified atom stereocenters. The number of hydrogen-bond donors (Lipinski definition) is 0. The number of rotatable bonds is 2. The summed E-state index contributed by atoms with van der Waals surface area (Å²) in [5.41, 5.74) is 1.56. The maximum Gasteiger partial charge on any atom is 0.363 e. The Morgan fingerprint density at radius 1 is 1.14 bits per heavy atom. The maximum absolute atomic E-state index is 11.9. The lowest BCUT2D eigenvalue weighted by Crippen LogP contribution is -2.05. The van der Waals surface area contributed by atoms with Crippen molar-refractivity contribution in [1.29, 1.82) is 0 Å². The first-order valence-electron chi connectivity index (χ1n) is 6.26. The van der Waals surface area contributed by atoms with Gasteiger partial charge in [0.15, 0.2) is 5.70 Å². The molecule has 0 bridgehead atoms. The number of carbonyl (C=O) groups excluding carboxylic acids is 1. The second-order valence-corrected chi connectivity index (χ2v) is 6.27. The first-order valence-corrected chi connectivity index (χ1v) is 7.81. The van der Waals surface area contributed by atoms with Crippen molar-refractivity contribution in [3.8, 4) is 0 Å². The van der Waals surface area contributed by atoms with Crippen molar-refractivity contribution in [3.63, 3.8) is 0 Å². The zero-order valence-electron chi connectivity index (χ0n) is 11.0. The molecule has 0 radical (unpaired) electrons. The maximum atomic E-state index is 11.9. The largest absolute Gasteiger partial charge is 0.402 e. The molecular weight excluding hydrogens is 389 g/mol. The zero-order chi connectivity index (χ0) is 15.7. The number of nitrogens with zero attached hydrogens (tertiary/aromatic N) is 1. The number of benzene rings is 2. The summed E-state index contributed by atoms with van der Waals surface area (Å²) in [6.07, 6.45) is 1.58. The molecule has 0 atom stereocenters. The average Bonchev–Trinajstić information content (AvgIpc) is 2.83. The van der Waals surface area contributed by atoms with Crippen LogP contribution in [0.4, 0.5) is 0 Å². The number of halogens is 3. The minimum absolute atomic E-state index is 0.194. The molecule has 0 fully saturated rings. The number of ether oxygens (including phenoxy) is 1. The summed E-state index contributed by atoms with van der Waals surface area (Å²) in [5.74, 6) is -0.247. The summed E-state index contributed by atoms with van der Waals surface area (Å²) in [4.78, 5) is 16.2. The van der Waals surface area contributed by atoms with Crippen LogP contribution in [-0.2, 0) is 9.53 Å². The van der Waals surface area contributed by atoms with Crippen LogP contribution >= 0.6 is 39.1 Å². The Morgan fingerprint density at radius 3 is 2.68 bits per heavy atom. The highest BCUT2D eigenvalue weighted by molar-refractivity contribution is 9.10. The second kappa shape index (κ2) is 6.24. The molecule has 22 heavy (non-hydrogen) atoms. The molecule has 1 aliphatic heterocycles. The quantitative estimate of drug-likeness (QED) is 0.523. The molecule has 110 valence electrons. The normalized spacial score (nSPS) is 15.9. The Labute approximate surface area is 145 Å². The molecule has 0 spiro atoms. The molecule has 3 rings (SSSR count). The summed E-state index contributed by atoms with van der Waals surface area (Å²) in [5, 5.41) is 0.971. The van der Waals surface area contributed by atoms with Gasteiger partial charge in [0.25, 0.3) is 0 Å². The van der Waals surface area contributed by atoms with Crippen molar-refractivity contribution in [2.45, 2.75) is 0 Å². The van der Waals surface area contributed by atoms with Crippen LogP contribution in [0.25, 0.3) is 6.08 Å². The van der Waals surface area contributed by atoms with Gasteiger partial charge < -0.3 is 4.74 Å². The van der Waals surface area contributed by atoms with E-state index in [1.165, 1.54) is 0 Å². The fraction of sp³-hybridized carbons (Fsp3) is 0. The van der Waals surface area contributed by atoms with E-state index in [1.807, 2.05) is 24.3 Å². The van der Waals surface area contributed by atoms with E-state index in [1.54, 1.807) is 24.3 Å². The summed E-state index contributed by atoms with van der Waals surface area (Å²) in [6, 6.07) is 12.4. The van der Waals surface area contributed by atoms with Crippen molar-refractivity contribution >= 4 is 57.1 Å². The van der Waals surface area contributed by atoms with Crippen molar-refractivity contribution in [2.24, 2.45) is 4.99 Å². The Bertz CT molecular complexity index is 831. The first-order chi connectivity index (χ1) is 10.5. The molecule has 0 saturated heterocycles. The molecule has 2 aromatic rings. The van der Waals surface area contributed by atoms with Crippen molar-refractivity contribution < 1.29 is 9.53 Å². The standard InChI is InChI=1S/C16H8BrCl2NO2/c17-11-3-1-2-10(6-11)15-20-14(16(21)22-15)7-9-4-5-12(18)8-13(9)19/h1-8H/b14-7+. The van der Waals surface area contributed by atoms with E-state index < -0.39 is 5.97 Å². The van der Waals surface area contributed by atoms with Crippen LogP contribution < -0.4 is 0 Å². The smallest absolute Gasteiger partial charge is 0.363 e. The van der Waals surface area contributed by atoms with Gasteiger partial charge in [-0.05, 0) is 42.0 Å². The van der Waals surface area contributed by atoms with E-state index in [2.05, 4.69) is 20.9 Å². The second-order valence-electron chi connectivity index (χ2n) is 4.51. The third-order valence-corrected chi connectivity index (χ3v) is 4.00. The SMILES string of the molecule is O=C1OC(c2cccc(Br)c2)=N/C1=C/c1ccc(Cl)cc1Cl. The van der Waals surface area contributed by atoms with Crippen molar-refractivity contribution in [3.05, 3.63) is 73.8 Å². The summed E-state index contributed by atoms with van der Waals surface area (Å²) in [6.45, 7) is 0. The van der Waals surface area contributed by atoms with Gasteiger partial charge in [-0.3, -0.25) is 0 Å². The molecule has 0 aliphatic carbocycles. The van der Waals surface area contributed by atoms with Gasteiger partial charge in [0, 0.05) is 20.1 Å². The highest BCUT2D eigenvalue weighted by Crippen LogP contribution is 2.26. The third-order valence-electron chi connectivity index (χ3n) is 2.95. The number of cyclic esters (lactones) is 1. The van der Waals surface area contributed by atoms with E-state index >= 15 is 0 Å². The lowest BCUT2D eigenvalue weighted by molar-refractivity contribution is -0.129. The van der Waals surface area contributed by atoms with Crippen LogP contribution in [0.2, 0.25) is 10.0 Å².